The molecular weight excluding hydrogens is 360 g/mol. The second-order valence-electron chi connectivity index (χ2n) is 6.09. The molecule has 6 heteroatoms. The molecule has 0 radical (unpaired) electrons. The first-order valence-electron chi connectivity index (χ1n) is 8.85. The third kappa shape index (κ3) is 4.17. The fourth-order valence-corrected chi connectivity index (χ4v) is 3.91. The first-order valence-corrected chi connectivity index (χ1v) is 9.73. The number of allylic oxidation sites excluding steroid dienone is 2. The summed E-state index contributed by atoms with van der Waals surface area (Å²) in [5.41, 5.74) is 1.78. The van der Waals surface area contributed by atoms with Crippen molar-refractivity contribution in [1.82, 2.24) is 9.88 Å². The van der Waals surface area contributed by atoms with Crippen LogP contribution in [0, 0.1) is 0 Å². The van der Waals surface area contributed by atoms with Gasteiger partial charge in [-0.25, -0.2) is 0 Å². The van der Waals surface area contributed by atoms with E-state index in [9.17, 15) is 4.79 Å². The van der Waals surface area contributed by atoms with Gasteiger partial charge >= 0.3 is 0 Å². The first-order chi connectivity index (χ1) is 13.2. The predicted molar refractivity (Wildman–Crippen MR) is 110 cm³/mol. The Bertz CT molecular complexity index is 956. The molecule has 2 heterocycles. The van der Waals surface area contributed by atoms with Crippen molar-refractivity contribution < 1.29 is 14.3 Å². The lowest BCUT2D eigenvalue weighted by atomic mass is 10.1. The highest BCUT2D eigenvalue weighted by Gasteiger charge is 2.15. The third-order valence-corrected chi connectivity index (χ3v) is 5.36. The summed E-state index contributed by atoms with van der Waals surface area (Å²) in [6.07, 6.45) is 4.77. The van der Waals surface area contributed by atoms with Crippen LogP contribution in [0.25, 0.3) is 10.2 Å². The Morgan fingerprint density at radius 3 is 2.74 bits per heavy atom. The van der Waals surface area contributed by atoms with Crippen LogP contribution in [0.5, 0.6) is 11.5 Å². The number of carbonyl (C=O) groups excluding carboxylic acids is 1. The Kier molecular flexibility index (Phi) is 6.19. The molecule has 0 fully saturated rings. The molecule has 142 valence electrons. The fourth-order valence-electron chi connectivity index (χ4n) is 3.00. The van der Waals surface area contributed by atoms with Gasteiger partial charge in [0.05, 0.1) is 14.2 Å². The number of nitrogens with zero attached hydrogens (tertiary/aromatic N) is 1. The highest BCUT2D eigenvalue weighted by molar-refractivity contribution is 7.16. The molecule has 0 saturated carbocycles. The van der Waals surface area contributed by atoms with Gasteiger partial charge in [0.1, 0.15) is 10.5 Å². The summed E-state index contributed by atoms with van der Waals surface area (Å²) in [4.78, 5) is 13.8. The van der Waals surface area contributed by atoms with Gasteiger partial charge in [0.25, 0.3) is 5.91 Å². The van der Waals surface area contributed by atoms with Crippen molar-refractivity contribution in [2.75, 3.05) is 20.8 Å². The molecule has 27 heavy (non-hydrogen) atoms. The quantitative estimate of drug-likeness (QED) is 0.590. The van der Waals surface area contributed by atoms with Crippen LogP contribution in [-0.4, -0.2) is 31.2 Å². The van der Waals surface area contributed by atoms with Gasteiger partial charge in [-0.15, -0.1) is 11.3 Å². The molecule has 0 aliphatic rings. The van der Waals surface area contributed by atoms with Crippen molar-refractivity contribution in [2.24, 2.45) is 0 Å². The van der Waals surface area contributed by atoms with Crippen LogP contribution >= 0.6 is 11.3 Å². The van der Waals surface area contributed by atoms with Crippen molar-refractivity contribution in [3.05, 3.63) is 59.1 Å². The smallest absolute Gasteiger partial charge is 0.267 e. The predicted octanol–water partition coefficient (Wildman–Crippen LogP) is 4.27. The second-order valence-corrected chi connectivity index (χ2v) is 6.98. The Labute approximate surface area is 163 Å². The first kappa shape index (κ1) is 19.0. The Balaban J connectivity index is 1.68. The van der Waals surface area contributed by atoms with Crippen LogP contribution in [0.1, 0.15) is 23.0 Å². The summed E-state index contributed by atoms with van der Waals surface area (Å²) in [6.45, 7) is 3.23. The maximum Gasteiger partial charge on any atom is 0.267 e. The molecule has 5 nitrogen and oxygen atoms in total. The zero-order valence-electron chi connectivity index (χ0n) is 15.8. The molecule has 0 saturated heterocycles. The Morgan fingerprint density at radius 2 is 2.00 bits per heavy atom. The summed E-state index contributed by atoms with van der Waals surface area (Å²) < 4.78 is 12.6. The number of ether oxygens (including phenoxy) is 2. The summed E-state index contributed by atoms with van der Waals surface area (Å²) >= 11 is 1.65. The van der Waals surface area contributed by atoms with Crippen LogP contribution in [0.2, 0.25) is 0 Å². The number of amides is 1. The molecule has 1 aromatic carbocycles. The molecule has 3 rings (SSSR count). The Morgan fingerprint density at radius 1 is 1.19 bits per heavy atom. The van der Waals surface area contributed by atoms with Crippen LogP contribution in [0.15, 0.2) is 47.9 Å². The molecule has 0 bridgehead atoms. The number of rotatable bonds is 8. The number of hydrogen-bond acceptors (Lipinski definition) is 4. The van der Waals surface area contributed by atoms with Gasteiger partial charge in [-0.05, 0) is 48.6 Å². The van der Waals surface area contributed by atoms with Gasteiger partial charge < -0.3 is 19.4 Å². The van der Waals surface area contributed by atoms with Gasteiger partial charge in [-0.2, -0.15) is 0 Å². The van der Waals surface area contributed by atoms with Gasteiger partial charge in [-0.1, -0.05) is 18.2 Å². The average molecular weight is 385 g/mol. The SMILES string of the molecule is C/C=C\Cn1c(C(=O)NCCc2ccc(OC)c(OC)c2)cc2ccsc21. The van der Waals surface area contributed by atoms with Gasteiger partial charge in [0.15, 0.2) is 11.5 Å². The molecular formula is C21H24N2O3S. The highest BCUT2D eigenvalue weighted by Crippen LogP contribution is 2.28. The van der Waals surface area contributed by atoms with E-state index in [4.69, 9.17) is 9.47 Å². The lowest BCUT2D eigenvalue weighted by Gasteiger charge is -2.11. The van der Waals surface area contributed by atoms with E-state index in [2.05, 4.69) is 21.3 Å². The molecule has 0 unspecified atom stereocenters. The largest absolute Gasteiger partial charge is 0.493 e. The minimum absolute atomic E-state index is 0.0524. The van der Waals surface area contributed by atoms with Crippen molar-refractivity contribution in [1.29, 1.82) is 0 Å². The number of methoxy groups -OCH3 is 2. The number of fused-ring (bicyclic) bond motifs is 1. The van der Waals surface area contributed by atoms with E-state index in [1.807, 2.05) is 43.3 Å². The number of carbonyl (C=O) groups is 1. The van der Waals surface area contributed by atoms with Crippen molar-refractivity contribution in [3.63, 3.8) is 0 Å². The lowest BCUT2D eigenvalue weighted by molar-refractivity contribution is 0.0946. The van der Waals surface area contributed by atoms with Gasteiger partial charge in [0, 0.05) is 18.5 Å². The van der Waals surface area contributed by atoms with E-state index in [0.717, 1.165) is 22.2 Å². The molecule has 2 aromatic heterocycles. The van der Waals surface area contributed by atoms with Crippen molar-refractivity contribution in [2.45, 2.75) is 19.9 Å². The molecule has 1 amide bonds. The topological polar surface area (TPSA) is 52.5 Å². The van der Waals surface area contributed by atoms with Crippen molar-refractivity contribution >= 4 is 27.5 Å². The van der Waals surface area contributed by atoms with Crippen LogP contribution < -0.4 is 14.8 Å². The van der Waals surface area contributed by atoms with Gasteiger partial charge in [0.2, 0.25) is 0 Å². The normalized spacial score (nSPS) is 11.2. The zero-order valence-corrected chi connectivity index (χ0v) is 16.6. The van der Waals surface area contributed by atoms with E-state index >= 15 is 0 Å². The zero-order chi connectivity index (χ0) is 19.2. The van der Waals surface area contributed by atoms with E-state index in [1.54, 1.807) is 25.6 Å². The number of thiophene rings is 1. The number of benzene rings is 1. The Hall–Kier alpha value is -2.73. The molecule has 0 spiro atoms. The van der Waals surface area contributed by atoms with Crippen molar-refractivity contribution in [3.8, 4) is 11.5 Å². The molecule has 3 aromatic rings. The number of hydrogen-bond donors (Lipinski definition) is 1. The number of nitrogens with one attached hydrogen (secondary N) is 1. The monoisotopic (exact) mass is 384 g/mol. The highest BCUT2D eigenvalue weighted by atomic mass is 32.1. The standard InChI is InChI=1S/C21H24N2O3S/c1-4-5-11-23-17(14-16-9-12-27-21(16)23)20(24)22-10-8-15-6-7-18(25-2)19(13-15)26-3/h4-7,9,12-14H,8,10-11H2,1-3H3,(H,22,24)/b5-4-. The van der Waals surface area contributed by atoms with E-state index in [-0.39, 0.29) is 5.91 Å². The molecule has 0 aliphatic carbocycles. The van der Waals surface area contributed by atoms with Gasteiger partial charge in [-0.3, -0.25) is 4.79 Å². The van der Waals surface area contributed by atoms with E-state index < -0.39 is 0 Å². The molecule has 0 aliphatic heterocycles. The maximum absolute atomic E-state index is 12.7. The summed E-state index contributed by atoms with van der Waals surface area (Å²) in [7, 11) is 3.24. The summed E-state index contributed by atoms with van der Waals surface area (Å²) in [5.74, 6) is 1.34. The fraction of sp³-hybridized carbons (Fsp3) is 0.286. The maximum atomic E-state index is 12.7. The molecule has 1 N–H and O–H groups in total. The number of aromatic nitrogens is 1. The minimum atomic E-state index is -0.0524. The minimum Gasteiger partial charge on any atom is -0.493 e. The van der Waals surface area contributed by atoms with E-state index in [1.165, 1.54) is 0 Å². The lowest BCUT2D eigenvalue weighted by Crippen LogP contribution is -2.27. The third-order valence-electron chi connectivity index (χ3n) is 4.41. The van der Waals surface area contributed by atoms with E-state index in [0.29, 0.717) is 30.3 Å². The summed E-state index contributed by atoms with van der Waals surface area (Å²) in [5, 5.41) is 6.19. The second kappa shape index (κ2) is 8.77. The molecule has 0 atom stereocenters. The van der Waals surface area contributed by atoms with Crippen LogP contribution in [0.3, 0.4) is 0 Å². The summed E-state index contributed by atoms with van der Waals surface area (Å²) in [6, 6.07) is 9.81. The van der Waals surface area contributed by atoms with Crippen LogP contribution in [-0.2, 0) is 13.0 Å². The van der Waals surface area contributed by atoms with Crippen LogP contribution in [0.4, 0.5) is 0 Å². The average Bonchev–Trinajstić information content (AvgIpc) is 3.27.